The Bertz CT molecular complexity index is 1290. The number of ether oxygens (including phenoxy) is 2. The van der Waals surface area contributed by atoms with Crippen LogP contribution in [-0.4, -0.2) is 31.0 Å². The number of aryl methyl sites for hydroxylation is 3. The molecule has 1 aliphatic rings. The molecule has 0 aliphatic carbocycles. The summed E-state index contributed by atoms with van der Waals surface area (Å²) in [6, 6.07) is 12.9. The van der Waals surface area contributed by atoms with Gasteiger partial charge < -0.3 is 19.0 Å². The van der Waals surface area contributed by atoms with Gasteiger partial charge in [0.1, 0.15) is 23.3 Å². The molecule has 7 nitrogen and oxygen atoms in total. The average molecular weight is 447 g/mol. The fourth-order valence-corrected chi connectivity index (χ4v) is 4.17. The first-order chi connectivity index (χ1) is 15.8. The van der Waals surface area contributed by atoms with Gasteiger partial charge in [-0.2, -0.15) is 0 Å². The van der Waals surface area contributed by atoms with Crippen LogP contribution in [0.2, 0.25) is 0 Å². The number of carbonyl (C=O) groups is 2. The lowest BCUT2D eigenvalue weighted by atomic mass is 9.98. The minimum absolute atomic E-state index is 0.0541. The molecule has 1 amide bonds. The van der Waals surface area contributed by atoms with Crippen LogP contribution in [-0.2, 0) is 9.59 Å². The van der Waals surface area contributed by atoms with E-state index in [1.165, 1.54) is 19.1 Å². The quantitative estimate of drug-likeness (QED) is 0.342. The molecule has 170 valence electrons. The van der Waals surface area contributed by atoms with E-state index in [1.54, 1.807) is 43.3 Å². The molecule has 2 aromatic carbocycles. The molecule has 0 radical (unpaired) electrons. The molecule has 2 heterocycles. The number of carbonyl (C=O) groups excluding carboxylic acids is 2. The fraction of sp³-hybridized carbons (Fsp3) is 0.231. The predicted molar refractivity (Wildman–Crippen MR) is 124 cm³/mol. The molecule has 1 atom stereocenters. The highest BCUT2D eigenvalue weighted by molar-refractivity contribution is 6.51. The average Bonchev–Trinajstić information content (AvgIpc) is 3.34. The van der Waals surface area contributed by atoms with Crippen LogP contribution in [0, 0.1) is 20.8 Å². The van der Waals surface area contributed by atoms with E-state index in [2.05, 4.69) is 0 Å². The molecule has 0 spiro atoms. The molecule has 1 aromatic heterocycles. The van der Waals surface area contributed by atoms with Gasteiger partial charge in [0, 0.05) is 11.3 Å². The molecular formula is C26H25NO6. The molecule has 1 saturated heterocycles. The summed E-state index contributed by atoms with van der Waals surface area (Å²) in [7, 11) is 2.98. The van der Waals surface area contributed by atoms with E-state index in [4.69, 9.17) is 13.9 Å². The largest absolute Gasteiger partial charge is 0.507 e. The highest BCUT2D eigenvalue weighted by Crippen LogP contribution is 2.44. The third-order valence-electron chi connectivity index (χ3n) is 5.74. The predicted octanol–water partition coefficient (Wildman–Crippen LogP) is 4.85. The first kappa shape index (κ1) is 22.2. The third kappa shape index (κ3) is 3.75. The monoisotopic (exact) mass is 447 g/mol. The van der Waals surface area contributed by atoms with Crippen molar-refractivity contribution >= 4 is 23.1 Å². The van der Waals surface area contributed by atoms with E-state index >= 15 is 0 Å². The highest BCUT2D eigenvalue weighted by Gasteiger charge is 2.48. The van der Waals surface area contributed by atoms with E-state index in [-0.39, 0.29) is 11.3 Å². The highest BCUT2D eigenvalue weighted by atomic mass is 16.5. The Hall–Kier alpha value is -4.00. The minimum Gasteiger partial charge on any atom is -0.507 e. The van der Waals surface area contributed by atoms with Crippen molar-refractivity contribution in [1.29, 1.82) is 0 Å². The summed E-state index contributed by atoms with van der Waals surface area (Å²) in [5, 5.41) is 11.3. The van der Waals surface area contributed by atoms with Gasteiger partial charge in [0.2, 0.25) is 0 Å². The summed E-state index contributed by atoms with van der Waals surface area (Å²) in [5.41, 5.74) is 2.70. The Balaban J connectivity index is 1.95. The molecule has 7 heteroatoms. The molecule has 1 N–H and O–H groups in total. The van der Waals surface area contributed by atoms with Crippen molar-refractivity contribution in [3.05, 3.63) is 82.3 Å². The number of benzene rings is 2. The number of amides is 1. The van der Waals surface area contributed by atoms with E-state index in [0.717, 1.165) is 11.1 Å². The first-order valence-corrected chi connectivity index (χ1v) is 10.4. The van der Waals surface area contributed by atoms with Gasteiger partial charge in [-0.25, -0.2) is 0 Å². The van der Waals surface area contributed by atoms with Gasteiger partial charge in [-0.05, 0) is 62.7 Å². The number of Topliss-reactive ketones (excluding diaryl/α,β-unsaturated/α-hetero) is 1. The number of rotatable bonds is 5. The van der Waals surface area contributed by atoms with Crippen molar-refractivity contribution in [3.63, 3.8) is 0 Å². The van der Waals surface area contributed by atoms with E-state index in [9.17, 15) is 14.7 Å². The second-order valence-corrected chi connectivity index (χ2v) is 7.98. The zero-order chi connectivity index (χ0) is 23.9. The summed E-state index contributed by atoms with van der Waals surface area (Å²) in [6.45, 7) is 5.61. The number of furan rings is 1. The third-order valence-corrected chi connectivity index (χ3v) is 5.74. The number of methoxy groups -OCH3 is 2. The Labute approximate surface area is 191 Å². The number of nitrogens with zero attached hydrogens (tertiary/aromatic N) is 1. The zero-order valence-corrected chi connectivity index (χ0v) is 19.1. The number of anilines is 1. The maximum absolute atomic E-state index is 13.2. The molecule has 3 aromatic rings. The Morgan fingerprint density at radius 1 is 0.939 bits per heavy atom. The molecule has 4 rings (SSSR count). The lowest BCUT2D eigenvalue weighted by Gasteiger charge is -2.25. The maximum Gasteiger partial charge on any atom is 0.300 e. The van der Waals surface area contributed by atoms with Crippen LogP contribution in [0.15, 0.2) is 58.5 Å². The van der Waals surface area contributed by atoms with E-state index in [1.807, 2.05) is 26.0 Å². The van der Waals surface area contributed by atoms with Crippen molar-refractivity contribution in [1.82, 2.24) is 0 Å². The Kier molecular flexibility index (Phi) is 5.72. The zero-order valence-electron chi connectivity index (χ0n) is 19.1. The maximum atomic E-state index is 13.2. The van der Waals surface area contributed by atoms with Crippen molar-refractivity contribution in [3.8, 4) is 11.5 Å². The normalized spacial score (nSPS) is 17.5. The van der Waals surface area contributed by atoms with Crippen LogP contribution in [0.5, 0.6) is 11.5 Å². The second-order valence-electron chi connectivity index (χ2n) is 7.98. The molecule has 1 aliphatic heterocycles. The molecular weight excluding hydrogens is 422 g/mol. The lowest BCUT2D eigenvalue weighted by molar-refractivity contribution is -0.132. The van der Waals surface area contributed by atoms with E-state index in [0.29, 0.717) is 34.3 Å². The Morgan fingerprint density at radius 3 is 2.27 bits per heavy atom. The lowest BCUT2D eigenvalue weighted by Crippen LogP contribution is -2.30. The van der Waals surface area contributed by atoms with Gasteiger partial charge in [-0.3, -0.25) is 14.5 Å². The van der Waals surface area contributed by atoms with Crippen molar-refractivity contribution < 1.29 is 28.6 Å². The SMILES string of the molecule is COc1ccc(/C(O)=C2/C(=O)C(=O)N(c3ccc(C)cc3C)C2c2ccc(C)o2)cc1OC. The van der Waals surface area contributed by atoms with Crippen molar-refractivity contribution in [2.45, 2.75) is 26.8 Å². The van der Waals surface area contributed by atoms with Gasteiger partial charge in [-0.1, -0.05) is 17.7 Å². The van der Waals surface area contributed by atoms with E-state index < -0.39 is 17.7 Å². The number of ketones is 1. The molecule has 33 heavy (non-hydrogen) atoms. The van der Waals surface area contributed by atoms with Crippen LogP contribution < -0.4 is 14.4 Å². The van der Waals surface area contributed by atoms with Crippen molar-refractivity contribution in [2.24, 2.45) is 0 Å². The number of aliphatic hydroxyl groups is 1. The van der Waals surface area contributed by atoms with Crippen LogP contribution in [0.1, 0.15) is 34.3 Å². The van der Waals surface area contributed by atoms with Crippen LogP contribution in [0.4, 0.5) is 5.69 Å². The topological polar surface area (TPSA) is 89.2 Å². The fourth-order valence-electron chi connectivity index (χ4n) is 4.17. The standard InChI is InChI=1S/C26H25NO6/c1-14-6-9-18(15(2)12-14)27-23(20-10-7-16(3)33-20)22(25(29)26(27)30)24(28)17-8-11-19(31-4)21(13-17)32-5/h6-13,23,28H,1-5H3/b24-22-. The summed E-state index contributed by atoms with van der Waals surface area (Å²) in [5.74, 6) is 0.0274. The van der Waals surface area contributed by atoms with Crippen LogP contribution >= 0.6 is 0 Å². The molecule has 0 bridgehead atoms. The Morgan fingerprint density at radius 2 is 1.67 bits per heavy atom. The second kappa shape index (κ2) is 8.50. The number of hydrogen-bond donors (Lipinski definition) is 1. The van der Waals surface area contributed by atoms with Crippen LogP contribution in [0.3, 0.4) is 0 Å². The van der Waals surface area contributed by atoms with Gasteiger partial charge in [0.05, 0.1) is 19.8 Å². The van der Waals surface area contributed by atoms with Crippen LogP contribution in [0.25, 0.3) is 5.76 Å². The molecule has 0 saturated carbocycles. The number of aliphatic hydroxyl groups excluding tert-OH is 1. The van der Waals surface area contributed by atoms with Gasteiger partial charge in [0.15, 0.2) is 11.5 Å². The van der Waals surface area contributed by atoms with Crippen molar-refractivity contribution in [2.75, 3.05) is 19.1 Å². The minimum atomic E-state index is -0.923. The van der Waals surface area contributed by atoms with Gasteiger partial charge in [0.25, 0.3) is 11.7 Å². The number of hydrogen-bond acceptors (Lipinski definition) is 6. The van der Waals surface area contributed by atoms with Gasteiger partial charge >= 0.3 is 0 Å². The molecule has 1 fully saturated rings. The first-order valence-electron chi connectivity index (χ1n) is 10.4. The smallest absolute Gasteiger partial charge is 0.300 e. The summed E-state index contributed by atoms with van der Waals surface area (Å²) < 4.78 is 16.4. The summed E-state index contributed by atoms with van der Waals surface area (Å²) in [6.07, 6.45) is 0. The molecule has 1 unspecified atom stereocenters. The summed E-state index contributed by atoms with van der Waals surface area (Å²) >= 11 is 0. The summed E-state index contributed by atoms with van der Waals surface area (Å²) in [4.78, 5) is 27.9. The van der Waals surface area contributed by atoms with Gasteiger partial charge in [-0.15, -0.1) is 0 Å².